The first-order valence-corrected chi connectivity index (χ1v) is 9.82. The van der Waals surface area contributed by atoms with Gasteiger partial charge in [-0.05, 0) is 29.7 Å². The minimum absolute atomic E-state index is 0.0183. The van der Waals surface area contributed by atoms with Gasteiger partial charge in [-0.25, -0.2) is 4.79 Å². The summed E-state index contributed by atoms with van der Waals surface area (Å²) in [7, 11) is 0. The number of carbonyl (C=O) groups excluding carboxylic acids is 2. The van der Waals surface area contributed by atoms with Crippen LogP contribution in [0.5, 0.6) is 5.75 Å². The van der Waals surface area contributed by atoms with E-state index in [2.05, 4.69) is 13.8 Å². The highest BCUT2D eigenvalue weighted by Gasteiger charge is 2.47. The summed E-state index contributed by atoms with van der Waals surface area (Å²) in [5, 5.41) is 0. The largest absolute Gasteiger partial charge is 0.484 e. The fourth-order valence-corrected chi connectivity index (χ4v) is 4.02. The number of benzene rings is 2. The van der Waals surface area contributed by atoms with Crippen LogP contribution in [0.15, 0.2) is 48.5 Å². The van der Waals surface area contributed by atoms with E-state index >= 15 is 0 Å². The molecule has 2 heterocycles. The number of piperidine rings is 1. The maximum atomic E-state index is 12.6. The molecule has 0 aromatic heterocycles. The summed E-state index contributed by atoms with van der Waals surface area (Å²) in [6.45, 7) is 5.40. The SMILES string of the molecule is CC(C)c1ccc(OCC(=O)N2CCC3(CC2)OC(=O)c2ccccc23)cc1. The lowest BCUT2D eigenvalue weighted by molar-refractivity contribution is -0.137. The summed E-state index contributed by atoms with van der Waals surface area (Å²) in [6.07, 6.45) is 1.23. The maximum absolute atomic E-state index is 12.6. The molecule has 0 unspecified atom stereocenters. The molecule has 0 bridgehead atoms. The van der Waals surface area contributed by atoms with Crippen molar-refractivity contribution in [1.29, 1.82) is 0 Å². The molecule has 1 fully saturated rings. The van der Waals surface area contributed by atoms with Crippen molar-refractivity contribution in [1.82, 2.24) is 4.90 Å². The second-order valence-corrected chi connectivity index (χ2v) is 7.82. The van der Waals surface area contributed by atoms with E-state index in [1.54, 1.807) is 4.90 Å². The van der Waals surface area contributed by atoms with Gasteiger partial charge in [0.1, 0.15) is 11.4 Å². The molecule has 2 aliphatic heterocycles. The molecule has 0 N–H and O–H groups in total. The van der Waals surface area contributed by atoms with Gasteiger partial charge < -0.3 is 14.4 Å². The van der Waals surface area contributed by atoms with Gasteiger partial charge in [0.25, 0.3) is 5.91 Å². The fourth-order valence-electron chi connectivity index (χ4n) is 4.02. The highest BCUT2D eigenvalue weighted by molar-refractivity contribution is 5.94. The van der Waals surface area contributed by atoms with Crippen molar-refractivity contribution in [3.8, 4) is 5.75 Å². The summed E-state index contributed by atoms with van der Waals surface area (Å²) < 4.78 is 11.4. The van der Waals surface area contributed by atoms with E-state index in [0.29, 0.717) is 43.2 Å². The molecule has 2 aromatic carbocycles. The summed E-state index contributed by atoms with van der Waals surface area (Å²) in [4.78, 5) is 26.5. The van der Waals surface area contributed by atoms with Crippen LogP contribution in [0.2, 0.25) is 0 Å². The van der Waals surface area contributed by atoms with E-state index in [1.165, 1.54) is 5.56 Å². The lowest BCUT2D eigenvalue weighted by Crippen LogP contribution is -2.46. The van der Waals surface area contributed by atoms with Crippen LogP contribution < -0.4 is 4.74 Å². The molecule has 5 nitrogen and oxygen atoms in total. The third-order valence-corrected chi connectivity index (χ3v) is 5.76. The smallest absolute Gasteiger partial charge is 0.339 e. The Balaban J connectivity index is 1.34. The minimum Gasteiger partial charge on any atom is -0.484 e. The predicted octanol–water partition coefficient (Wildman–Crippen LogP) is 3.88. The van der Waals surface area contributed by atoms with E-state index in [4.69, 9.17) is 9.47 Å². The highest BCUT2D eigenvalue weighted by atomic mass is 16.6. The summed E-state index contributed by atoms with van der Waals surface area (Å²) in [5.41, 5.74) is 2.26. The second-order valence-electron chi connectivity index (χ2n) is 7.82. The standard InChI is InChI=1S/C23H25NO4/c1-16(2)17-7-9-18(10-8-17)27-15-21(25)24-13-11-23(12-14-24)20-6-4-3-5-19(20)22(26)28-23/h3-10,16H,11-15H2,1-2H3. The van der Waals surface area contributed by atoms with Crippen molar-refractivity contribution in [2.75, 3.05) is 19.7 Å². The van der Waals surface area contributed by atoms with Gasteiger partial charge in [-0.15, -0.1) is 0 Å². The Hall–Kier alpha value is -2.82. The quantitative estimate of drug-likeness (QED) is 0.757. The van der Waals surface area contributed by atoms with E-state index in [1.807, 2.05) is 48.5 Å². The molecule has 1 saturated heterocycles. The van der Waals surface area contributed by atoms with Gasteiger partial charge >= 0.3 is 5.97 Å². The fraction of sp³-hybridized carbons (Fsp3) is 0.391. The van der Waals surface area contributed by atoms with Crippen molar-refractivity contribution >= 4 is 11.9 Å². The maximum Gasteiger partial charge on any atom is 0.339 e. The van der Waals surface area contributed by atoms with Gasteiger partial charge in [0.15, 0.2) is 6.61 Å². The summed E-state index contributed by atoms with van der Waals surface area (Å²) >= 11 is 0. The Labute approximate surface area is 165 Å². The number of hydrogen-bond acceptors (Lipinski definition) is 4. The van der Waals surface area contributed by atoms with Gasteiger partial charge in [0, 0.05) is 31.5 Å². The molecule has 146 valence electrons. The van der Waals surface area contributed by atoms with Crippen LogP contribution in [0, 0.1) is 0 Å². The number of fused-ring (bicyclic) bond motifs is 2. The zero-order chi connectivity index (χ0) is 19.7. The first-order chi connectivity index (χ1) is 13.5. The van der Waals surface area contributed by atoms with Crippen LogP contribution in [0.3, 0.4) is 0 Å². The zero-order valence-corrected chi connectivity index (χ0v) is 16.3. The molecule has 0 aliphatic carbocycles. The van der Waals surface area contributed by atoms with Crippen LogP contribution in [-0.2, 0) is 15.1 Å². The highest BCUT2D eigenvalue weighted by Crippen LogP contribution is 2.43. The molecular weight excluding hydrogens is 354 g/mol. The first kappa shape index (κ1) is 18.5. The number of ether oxygens (including phenoxy) is 2. The number of esters is 1. The molecule has 1 spiro atoms. The minimum atomic E-state index is -0.585. The molecular formula is C23H25NO4. The van der Waals surface area contributed by atoms with Crippen molar-refractivity contribution in [2.45, 2.75) is 38.2 Å². The molecule has 28 heavy (non-hydrogen) atoms. The van der Waals surface area contributed by atoms with Gasteiger partial charge in [-0.3, -0.25) is 4.79 Å². The number of nitrogens with zero attached hydrogens (tertiary/aromatic N) is 1. The van der Waals surface area contributed by atoms with Crippen LogP contribution in [-0.4, -0.2) is 36.5 Å². The number of amides is 1. The Morgan fingerprint density at radius 1 is 1.11 bits per heavy atom. The molecule has 0 saturated carbocycles. The van der Waals surface area contributed by atoms with Crippen molar-refractivity contribution in [3.63, 3.8) is 0 Å². The molecule has 2 aliphatic rings. The Kier molecular flexibility index (Phi) is 4.84. The van der Waals surface area contributed by atoms with Crippen LogP contribution in [0.1, 0.15) is 54.1 Å². The van der Waals surface area contributed by atoms with E-state index < -0.39 is 5.60 Å². The monoisotopic (exact) mass is 379 g/mol. The Morgan fingerprint density at radius 2 is 1.79 bits per heavy atom. The lowest BCUT2D eigenvalue weighted by atomic mass is 9.84. The number of likely N-dealkylation sites (tertiary alicyclic amines) is 1. The van der Waals surface area contributed by atoms with E-state index in [0.717, 1.165) is 5.56 Å². The molecule has 0 atom stereocenters. The first-order valence-electron chi connectivity index (χ1n) is 9.82. The molecule has 2 aromatic rings. The normalized spacial score (nSPS) is 17.5. The van der Waals surface area contributed by atoms with Crippen LogP contribution in [0.4, 0.5) is 0 Å². The number of rotatable bonds is 4. The Bertz CT molecular complexity index is 880. The lowest BCUT2D eigenvalue weighted by Gasteiger charge is -2.38. The topological polar surface area (TPSA) is 55.8 Å². The van der Waals surface area contributed by atoms with Gasteiger partial charge in [0.05, 0.1) is 5.56 Å². The average molecular weight is 379 g/mol. The van der Waals surface area contributed by atoms with Gasteiger partial charge in [0.2, 0.25) is 0 Å². The molecule has 4 rings (SSSR count). The van der Waals surface area contributed by atoms with E-state index in [-0.39, 0.29) is 18.5 Å². The molecule has 5 heteroatoms. The van der Waals surface area contributed by atoms with Crippen molar-refractivity contribution < 1.29 is 19.1 Å². The molecule has 0 radical (unpaired) electrons. The van der Waals surface area contributed by atoms with Gasteiger partial charge in [-0.1, -0.05) is 44.2 Å². The second kappa shape index (κ2) is 7.30. The van der Waals surface area contributed by atoms with Crippen LogP contribution >= 0.6 is 0 Å². The number of hydrogen-bond donors (Lipinski definition) is 0. The van der Waals surface area contributed by atoms with Crippen LogP contribution in [0.25, 0.3) is 0 Å². The third kappa shape index (κ3) is 3.37. The van der Waals surface area contributed by atoms with Gasteiger partial charge in [-0.2, -0.15) is 0 Å². The Morgan fingerprint density at radius 3 is 2.46 bits per heavy atom. The van der Waals surface area contributed by atoms with Crippen molar-refractivity contribution in [3.05, 3.63) is 65.2 Å². The van der Waals surface area contributed by atoms with E-state index in [9.17, 15) is 9.59 Å². The van der Waals surface area contributed by atoms with Crippen molar-refractivity contribution in [2.24, 2.45) is 0 Å². The third-order valence-electron chi connectivity index (χ3n) is 5.76. The summed E-state index contributed by atoms with van der Waals surface area (Å²) in [5.74, 6) is 0.861. The predicted molar refractivity (Wildman–Crippen MR) is 105 cm³/mol. The summed E-state index contributed by atoms with van der Waals surface area (Å²) in [6, 6.07) is 15.4. The molecule has 1 amide bonds. The average Bonchev–Trinajstić information content (AvgIpc) is 2.99. The number of carbonyl (C=O) groups is 2. The zero-order valence-electron chi connectivity index (χ0n) is 16.3.